The minimum atomic E-state index is -1.07. The number of ether oxygens (including phenoxy) is 1. The molecule has 0 fully saturated rings. The van der Waals surface area contributed by atoms with E-state index in [2.05, 4.69) is 74.3 Å². The molecule has 1 amide bonds. The van der Waals surface area contributed by atoms with Gasteiger partial charge in [-0.1, -0.05) is 149 Å². The van der Waals surface area contributed by atoms with Crippen molar-refractivity contribution in [2.24, 2.45) is 11.8 Å². The highest BCUT2D eigenvalue weighted by Gasteiger charge is 2.41. The maximum absolute atomic E-state index is 13.3. The van der Waals surface area contributed by atoms with Crippen molar-refractivity contribution in [3.63, 3.8) is 0 Å². The number of benzene rings is 5. The molecule has 56 heavy (non-hydrogen) atoms. The Morgan fingerprint density at radius 1 is 0.750 bits per heavy atom. The summed E-state index contributed by atoms with van der Waals surface area (Å²) in [6.45, 7) is 13.1. The zero-order valence-corrected chi connectivity index (χ0v) is 32.7. The number of carbonyl (C=O) groups is 1. The van der Waals surface area contributed by atoms with Crippen LogP contribution in [0.3, 0.4) is 0 Å². The summed E-state index contributed by atoms with van der Waals surface area (Å²) in [4.78, 5) is 28.3. The van der Waals surface area contributed by atoms with Crippen molar-refractivity contribution in [2.75, 3.05) is 23.3 Å². The van der Waals surface area contributed by atoms with Crippen molar-refractivity contribution in [1.82, 2.24) is 20.2 Å². The van der Waals surface area contributed by atoms with Gasteiger partial charge in [0.1, 0.15) is 0 Å². The minimum absolute atomic E-state index is 0.346. The normalized spacial score (nSPS) is 12.6. The number of anilines is 2. The molecule has 0 aliphatic rings. The molecule has 0 saturated carbocycles. The molecular formula is C45H49N7O4. The average Bonchev–Trinajstić information content (AvgIpc) is 3.69. The third-order valence-corrected chi connectivity index (χ3v) is 9.82. The lowest BCUT2D eigenvalue weighted by molar-refractivity contribution is -0.528. The van der Waals surface area contributed by atoms with Gasteiger partial charge in [0, 0.05) is 30.5 Å². The van der Waals surface area contributed by atoms with Gasteiger partial charge in [-0.05, 0) is 63.9 Å². The predicted molar refractivity (Wildman–Crippen MR) is 221 cm³/mol. The lowest BCUT2D eigenvalue weighted by Gasteiger charge is -2.34. The largest absolute Gasteiger partial charge is 0.439 e. The topological polar surface area (TPSA) is 128 Å². The molecule has 0 aliphatic heterocycles. The first kappa shape index (κ1) is 39.3. The molecule has 11 heteroatoms. The average molecular weight is 752 g/mol. The van der Waals surface area contributed by atoms with E-state index in [-0.39, 0.29) is 0 Å². The van der Waals surface area contributed by atoms with E-state index in [0.29, 0.717) is 23.3 Å². The van der Waals surface area contributed by atoms with Gasteiger partial charge in [0.05, 0.1) is 11.4 Å². The molecular weight excluding hydrogens is 703 g/mol. The monoisotopic (exact) mass is 751 g/mol. The summed E-state index contributed by atoms with van der Waals surface area (Å²) in [6, 6.07) is 43.3. The van der Waals surface area contributed by atoms with Crippen LogP contribution in [0.5, 0.6) is 0 Å². The fourth-order valence-electron chi connectivity index (χ4n) is 7.09. The number of nitrogens with zero attached hydrogens (tertiary/aromatic N) is 6. The predicted octanol–water partition coefficient (Wildman–Crippen LogP) is 9.57. The second-order valence-corrected chi connectivity index (χ2v) is 14.9. The summed E-state index contributed by atoms with van der Waals surface area (Å²) in [6.07, 6.45) is -1.71. The van der Waals surface area contributed by atoms with Crippen LogP contribution in [0.2, 0.25) is 0 Å². The van der Waals surface area contributed by atoms with E-state index in [1.54, 1.807) is 4.80 Å². The molecule has 5 aromatic carbocycles. The number of carbonyl (C=O) groups excluding carboxylic acids is 1. The Balaban J connectivity index is 1.47. The summed E-state index contributed by atoms with van der Waals surface area (Å²) in [5.41, 5.74) is 5.71. The molecule has 1 N–H and O–H groups in total. The molecule has 1 heterocycles. The molecule has 2 atom stereocenters. The zero-order chi connectivity index (χ0) is 39.8. The van der Waals surface area contributed by atoms with E-state index in [4.69, 9.17) is 20.1 Å². The van der Waals surface area contributed by atoms with E-state index in [9.17, 15) is 14.9 Å². The highest BCUT2D eigenvalue weighted by molar-refractivity contribution is 5.93. The number of amides is 1. The highest BCUT2D eigenvalue weighted by Crippen LogP contribution is 2.41. The van der Waals surface area contributed by atoms with E-state index in [0.717, 1.165) is 52.2 Å². The van der Waals surface area contributed by atoms with Crippen molar-refractivity contribution in [3.05, 3.63) is 160 Å². The number of nitrogens with one attached hydrogen (secondary N) is 1. The van der Waals surface area contributed by atoms with Crippen molar-refractivity contribution in [1.29, 1.82) is 0 Å². The van der Waals surface area contributed by atoms with Crippen LogP contribution in [0.15, 0.2) is 133 Å². The smallest absolute Gasteiger partial charge is 0.412 e. The number of rotatable bonds is 15. The van der Waals surface area contributed by atoms with E-state index >= 15 is 0 Å². The number of tetrazole rings is 1. The summed E-state index contributed by atoms with van der Waals surface area (Å²) >= 11 is 0. The summed E-state index contributed by atoms with van der Waals surface area (Å²) in [5, 5.41) is 29.0. The van der Waals surface area contributed by atoms with E-state index in [1.165, 1.54) is 13.8 Å². The minimum Gasteiger partial charge on any atom is -0.439 e. The quantitative estimate of drug-likeness (QED) is 0.0624. The van der Waals surface area contributed by atoms with Crippen LogP contribution in [-0.2, 0) is 10.3 Å². The third kappa shape index (κ3) is 8.47. The van der Waals surface area contributed by atoms with Crippen LogP contribution < -0.4 is 10.2 Å². The molecule has 11 nitrogen and oxygen atoms in total. The molecule has 0 aliphatic carbocycles. The molecule has 0 radical (unpaired) electrons. The lowest BCUT2D eigenvalue weighted by Crippen LogP contribution is -2.39. The molecule has 6 aromatic rings. The maximum atomic E-state index is 13.3. The first-order chi connectivity index (χ1) is 27.0. The van der Waals surface area contributed by atoms with Gasteiger partial charge in [0.25, 0.3) is 0 Å². The van der Waals surface area contributed by atoms with Gasteiger partial charge in [-0.2, -0.15) is 0 Å². The Labute approximate surface area is 328 Å². The number of aromatic nitrogens is 4. The van der Waals surface area contributed by atoms with Crippen molar-refractivity contribution in [2.45, 2.75) is 59.2 Å². The van der Waals surface area contributed by atoms with Crippen molar-refractivity contribution >= 4 is 17.5 Å². The van der Waals surface area contributed by atoms with Gasteiger partial charge in [-0.15, -0.1) is 15.0 Å². The number of hydrogen-bond donors (Lipinski definition) is 1. The van der Waals surface area contributed by atoms with Crippen LogP contribution in [0.25, 0.3) is 22.5 Å². The second kappa shape index (κ2) is 17.4. The molecule has 2 unspecified atom stereocenters. The highest BCUT2D eigenvalue weighted by atomic mass is 16.6. The van der Waals surface area contributed by atoms with Gasteiger partial charge >= 0.3 is 6.09 Å². The summed E-state index contributed by atoms with van der Waals surface area (Å²) in [7, 11) is 0. The zero-order valence-electron chi connectivity index (χ0n) is 32.7. The second-order valence-electron chi connectivity index (χ2n) is 14.9. The van der Waals surface area contributed by atoms with Gasteiger partial charge in [-0.3, -0.25) is 15.4 Å². The van der Waals surface area contributed by atoms with Gasteiger partial charge < -0.3 is 9.64 Å². The first-order valence-corrected chi connectivity index (χ1v) is 19.1. The first-order valence-electron chi connectivity index (χ1n) is 19.1. The van der Waals surface area contributed by atoms with E-state index in [1.807, 2.05) is 97.1 Å². The molecule has 288 valence electrons. The Morgan fingerprint density at radius 2 is 1.25 bits per heavy atom. The van der Waals surface area contributed by atoms with Crippen molar-refractivity contribution < 1.29 is 14.5 Å². The summed E-state index contributed by atoms with van der Waals surface area (Å²) in [5.74, 6) is 1.12. The standard InChI is InChI=1S/C45H49N7O4/c1-31(2)29-50(30-32(3)4)42-27-26-35(28-41(42)46-44(53)56-34(6)33(5)51(54)55)39-24-16-17-25-40(39)43-47-49-52(48-43)45(36-18-10-7-11-19-36,37-20-12-8-13-21-37)38-22-14-9-15-23-38/h7-28,31-34H,29-30H2,1-6H3,(H,46,53). The molecule has 0 saturated heterocycles. The van der Waals surface area contributed by atoms with Gasteiger partial charge in [0.15, 0.2) is 11.6 Å². The number of nitro groups is 1. The van der Waals surface area contributed by atoms with Crippen LogP contribution in [0.1, 0.15) is 58.2 Å². The van der Waals surface area contributed by atoms with Crippen LogP contribution in [0.4, 0.5) is 16.2 Å². The van der Waals surface area contributed by atoms with E-state index < -0.39 is 28.7 Å². The third-order valence-electron chi connectivity index (χ3n) is 9.82. The SMILES string of the molecule is CC(C)CN(CC(C)C)c1ccc(-c2ccccc2-c2nnn(C(c3ccccc3)(c3ccccc3)c3ccccc3)n2)cc1NC(=O)OC(C)C(C)[N+](=O)[O-]. The van der Waals surface area contributed by atoms with Crippen molar-refractivity contribution in [3.8, 4) is 22.5 Å². The van der Waals surface area contributed by atoms with Gasteiger partial charge in [-0.25, -0.2) is 4.79 Å². The lowest BCUT2D eigenvalue weighted by atomic mass is 9.77. The van der Waals surface area contributed by atoms with Crippen LogP contribution in [0, 0.1) is 22.0 Å². The molecule has 6 rings (SSSR count). The molecule has 1 aromatic heterocycles. The Kier molecular flexibility index (Phi) is 12.2. The fraction of sp³-hybridized carbons (Fsp3) is 0.289. The molecule has 0 spiro atoms. The van der Waals surface area contributed by atoms with Crippen LogP contribution in [-0.4, -0.2) is 56.5 Å². The van der Waals surface area contributed by atoms with Crippen LogP contribution >= 0.6 is 0 Å². The Hall–Kier alpha value is -6.36. The summed E-state index contributed by atoms with van der Waals surface area (Å²) < 4.78 is 5.52. The van der Waals surface area contributed by atoms with Gasteiger partial charge in [0.2, 0.25) is 11.9 Å². The fourth-order valence-corrected chi connectivity index (χ4v) is 7.09. The number of hydrogen-bond acceptors (Lipinski definition) is 8. The Bertz CT molecular complexity index is 2120. The molecule has 0 bridgehead atoms. The Morgan fingerprint density at radius 3 is 1.75 bits per heavy atom. The maximum Gasteiger partial charge on any atom is 0.412 e.